The molecule has 0 bridgehead atoms. The average Bonchev–Trinajstić information content (AvgIpc) is 3.37. The van der Waals surface area contributed by atoms with Gasteiger partial charge in [-0.25, -0.2) is 4.79 Å². The van der Waals surface area contributed by atoms with Crippen LogP contribution in [-0.2, 0) is 9.63 Å². The molecule has 2 atom stereocenters. The Hall–Kier alpha value is -2.32. The highest BCUT2D eigenvalue weighted by Crippen LogP contribution is 2.31. The topological polar surface area (TPSA) is 68.4 Å². The average molecular weight is 430 g/mol. The van der Waals surface area contributed by atoms with E-state index < -0.39 is 6.09 Å². The number of rotatable bonds is 4. The summed E-state index contributed by atoms with van der Waals surface area (Å²) in [6, 6.07) is 7.41. The van der Waals surface area contributed by atoms with E-state index in [0.29, 0.717) is 38.3 Å². The second-order valence-electron chi connectivity index (χ2n) is 9.06. The molecule has 0 spiro atoms. The standard InChI is InChI=1S/C23H35N5O3/c1-17-15-20(24-23(30)31-27-13-11-25(12-14-27)19(3)29)6-7-22(17)26-10-8-21(16-26)28-9-4-5-18(28)2/h6-7,15,18,21H,4-5,8-14,16H2,1-3H3,(H,24,30). The molecule has 2 amide bonds. The van der Waals surface area contributed by atoms with Gasteiger partial charge in [0.15, 0.2) is 0 Å². The van der Waals surface area contributed by atoms with Crippen molar-refractivity contribution in [1.29, 1.82) is 0 Å². The first-order chi connectivity index (χ1) is 14.9. The summed E-state index contributed by atoms with van der Waals surface area (Å²) in [5.74, 6) is 0.0546. The lowest BCUT2D eigenvalue weighted by Crippen LogP contribution is -2.48. The SMILES string of the molecule is CC(=O)N1CCN(OC(=O)Nc2ccc(N3CCC(N4CCCC4C)C3)c(C)c2)CC1. The second-order valence-corrected chi connectivity index (χ2v) is 9.06. The summed E-state index contributed by atoms with van der Waals surface area (Å²) in [6.45, 7) is 11.6. The quantitative estimate of drug-likeness (QED) is 0.794. The fourth-order valence-corrected chi connectivity index (χ4v) is 5.17. The highest BCUT2D eigenvalue weighted by Gasteiger charge is 2.33. The molecular formula is C23H35N5O3. The van der Waals surface area contributed by atoms with Crippen LogP contribution in [0.25, 0.3) is 0 Å². The third-order valence-corrected chi connectivity index (χ3v) is 6.92. The van der Waals surface area contributed by atoms with Crippen molar-refractivity contribution >= 4 is 23.4 Å². The van der Waals surface area contributed by atoms with Crippen molar-refractivity contribution in [3.05, 3.63) is 23.8 Å². The number of hydrogen-bond acceptors (Lipinski definition) is 6. The number of amides is 2. The van der Waals surface area contributed by atoms with Gasteiger partial charge in [-0.15, -0.1) is 5.06 Å². The number of hydrogen-bond donors (Lipinski definition) is 1. The molecule has 0 aromatic heterocycles. The number of aryl methyl sites for hydroxylation is 1. The Morgan fingerprint density at radius 3 is 2.48 bits per heavy atom. The lowest BCUT2D eigenvalue weighted by molar-refractivity contribution is -0.143. The smallest absolute Gasteiger partial charge is 0.370 e. The van der Waals surface area contributed by atoms with Gasteiger partial charge in [0.1, 0.15) is 0 Å². The Labute approximate surface area is 185 Å². The van der Waals surface area contributed by atoms with Gasteiger partial charge in [0.2, 0.25) is 5.91 Å². The molecule has 0 aliphatic carbocycles. The zero-order chi connectivity index (χ0) is 22.0. The highest BCUT2D eigenvalue weighted by atomic mass is 16.7. The van der Waals surface area contributed by atoms with Crippen LogP contribution in [0.3, 0.4) is 0 Å². The summed E-state index contributed by atoms with van der Waals surface area (Å²) in [5, 5.41) is 4.44. The summed E-state index contributed by atoms with van der Waals surface area (Å²) >= 11 is 0. The molecule has 1 aromatic rings. The van der Waals surface area contributed by atoms with Gasteiger partial charge >= 0.3 is 6.09 Å². The third-order valence-electron chi connectivity index (χ3n) is 6.92. The number of piperazine rings is 1. The Morgan fingerprint density at radius 1 is 1.06 bits per heavy atom. The summed E-state index contributed by atoms with van der Waals surface area (Å²) < 4.78 is 0. The minimum absolute atomic E-state index is 0.0546. The normalized spacial score (nSPS) is 25.1. The molecule has 0 radical (unpaired) electrons. The van der Waals surface area contributed by atoms with Crippen LogP contribution < -0.4 is 10.2 Å². The molecule has 1 aromatic carbocycles. The van der Waals surface area contributed by atoms with Crippen LogP contribution in [0.5, 0.6) is 0 Å². The minimum atomic E-state index is -0.493. The van der Waals surface area contributed by atoms with Gasteiger partial charge in [-0.3, -0.25) is 15.0 Å². The number of nitrogens with zero attached hydrogens (tertiary/aromatic N) is 4. The molecular weight excluding hydrogens is 394 g/mol. The van der Waals surface area contributed by atoms with E-state index in [4.69, 9.17) is 4.84 Å². The fourth-order valence-electron chi connectivity index (χ4n) is 5.17. The molecule has 170 valence electrons. The first-order valence-electron chi connectivity index (χ1n) is 11.5. The monoisotopic (exact) mass is 429 g/mol. The van der Waals surface area contributed by atoms with Crippen LogP contribution in [0.4, 0.5) is 16.2 Å². The highest BCUT2D eigenvalue weighted by molar-refractivity contribution is 5.85. The Morgan fingerprint density at radius 2 is 1.84 bits per heavy atom. The predicted octanol–water partition coefficient (Wildman–Crippen LogP) is 2.69. The van der Waals surface area contributed by atoms with Gasteiger partial charge in [0, 0.05) is 56.6 Å². The first-order valence-corrected chi connectivity index (χ1v) is 11.5. The Bertz CT molecular complexity index is 808. The van der Waals surface area contributed by atoms with Crippen molar-refractivity contribution in [1.82, 2.24) is 14.9 Å². The number of benzene rings is 1. The van der Waals surface area contributed by atoms with Crippen molar-refractivity contribution in [3.8, 4) is 0 Å². The number of likely N-dealkylation sites (tertiary alicyclic amines) is 1. The van der Waals surface area contributed by atoms with Gasteiger partial charge in [0.25, 0.3) is 0 Å². The number of hydroxylamine groups is 2. The van der Waals surface area contributed by atoms with Gasteiger partial charge in [0.05, 0.1) is 13.1 Å². The fraction of sp³-hybridized carbons (Fsp3) is 0.652. The Balaban J connectivity index is 1.29. The van der Waals surface area contributed by atoms with Gasteiger partial charge in [-0.2, -0.15) is 0 Å². The lowest BCUT2D eigenvalue weighted by atomic mass is 10.1. The van der Waals surface area contributed by atoms with Crippen molar-refractivity contribution in [2.45, 2.75) is 52.1 Å². The lowest BCUT2D eigenvalue weighted by Gasteiger charge is -2.32. The molecule has 1 N–H and O–H groups in total. The summed E-state index contributed by atoms with van der Waals surface area (Å²) in [7, 11) is 0. The summed E-state index contributed by atoms with van der Waals surface area (Å²) in [4.78, 5) is 36.0. The molecule has 3 heterocycles. The van der Waals surface area contributed by atoms with Crippen molar-refractivity contribution in [2.24, 2.45) is 0 Å². The predicted molar refractivity (Wildman–Crippen MR) is 121 cm³/mol. The Kier molecular flexibility index (Phi) is 6.67. The van der Waals surface area contributed by atoms with E-state index >= 15 is 0 Å². The van der Waals surface area contributed by atoms with E-state index in [1.54, 1.807) is 16.9 Å². The summed E-state index contributed by atoms with van der Waals surface area (Å²) in [5.41, 5.74) is 3.13. The maximum absolute atomic E-state index is 12.3. The number of carbonyl (C=O) groups is 2. The van der Waals surface area contributed by atoms with Gasteiger partial charge < -0.3 is 14.6 Å². The molecule has 0 saturated carbocycles. The molecule has 31 heavy (non-hydrogen) atoms. The van der Waals surface area contributed by atoms with E-state index in [-0.39, 0.29) is 5.91 Å². The maximum atomic E-state index is 12.3. The largest absolute Gasteiger partial charge is 0.430 e. The van der Waals surface area contributed by atoms with Crippen molar-refractivity contribution in [2.75, 3.05) is 56.0 Å². The van der Waals surface area contributed by atoms with Crippen LogP contribution >= 0.6 is 0 Å². The maximum Gasteiger partial charge on any atom is 0.430 e. The van der Waals surface area contributed by atoms with Crippen LogP contribution in [0.15, 0.2) is 18.2 Å². The van der Waals surface area contributed by atoms with Crippen molar-refractivity contribution in [3.63, 3.8) is 0 Å². The van der Waals surface area contributed by atoms with Crippen LogP contribution in [0, 0.1) is 6.92 Å². The number of anilines is 2. The van der Waals surface area contributed by atoms with Crippen LogP contribution in [0.2, 0.25) is 0 Å². The van der Waals surface area contributed by atoms with Gasteiger partial charge in [-0.05, 0) is 63.4 Å². The molecule has 2 unspecified atom stereocenters. The van der Waals surface area contributed by atoms with Crippen LogP contribution in [-0.4, -0.2) is 84.8 Å². The third kappa shape index (κ3) is 5.13. The summed E-state index contributed by atoms with van der Waals surface area (Å²) in [6.07, 6.45) is 3.36. The second kappa shape index (κ2) is 9.44. The number of carbonyl (C=O) groups excluding carboxylic acids is 2. The zero-order valence-electron chi connectivity index (χ0n) is 19.0. The van der Waals surface area contributed by atoms with E-state index in [9.17, 15) is 9.59 Å². The molecule has 8 heteroatoms. The molecule has 8 nitrogen and oxygen atoms in total. The zero-order valence-corrected chi connectivity index (χ0v) is 19.0. The molecule has 3 aliphatic rings. The molecule has 3 aliphatic heterocycles. The van der Waals surface area contributed by atoms with E-state index in [1.165, 1.54) is 31.5 Å². The first kappa shape index (κ1) is 21.9. The molecule has 3 saturated heterocycles. The van der Waals surface area contributed by atoms with Crippen molar-refractivity contribution < 1.29 is 14.4 Å². The minimum Gasteiger partial charge on any atom is -0.370 e. The van der Waals surface area contributed by atoms with Gasteiger partial charge in [-0.1, -0.05) is 0 Å². The number of nitrogens with one attached hydrogen (secondary N) is 1. The molecule has 3 fully saturated rings. The molecule has 4 rings (SSSR count). The van der Waals surface area contributed by atoms with E-state index in [1.807, 2.05) is 12.1 Å². The van der Waals surface area contributed by atoms with Crippen LogP contribution in [0.1, 0.15) is 38.7 Å². The van der Waals surface area contributed by atoms with E-state index in [2.05, 4.69) is 35.0 Å². The van der Waals surface area contributed by atoms with E-state index in [0.717, 1.165) is 24.3 Å².